The first-order valence-electron chi connectivity index (χ1n) is 6.27. The summed E-state index contributed by atoms with van der Waals surface area (Å²) in [6.45, 7) is 6.94. The molecule has 0 bridgehead atoms. The maximum atomic E-state index is 11.4. The summed E-state index contributed by atoms with van der Waals surface area (Å²) >= 11 is 0. The number of hydrogen-bond acceptors (Lipinski definition) is 3. The highest BCUT2D eigenvalue weighted by atomic mass is 16.6. The largest absolute Gasteiger partial charge is 0.460 e. The van der Waals surface area contributed by atoms with E-state index in [-0.39, 0.29) is 11.6 Å². The Labute approximate surface area is 98.5 Å². The van der Waals surface area contributed by atoms with Gasteiger partial charge in [0.1, 0.15) is 5.60 Å². The Morgan fingerprint density at radius 1 is 1.25 bits per heavy atom. The molecular weight excluding hydrogens is 204 g/mol. The van der Waals surface area contributed by atoms with Crippen molar-refractivity contribution in [2.75, 3.05) is 13.2 Å². The van der Waals surface area contributed by atoms with E-state index in [1.165, 1.54) is 25.7 Å². The van der Waals surface area contributed by atoms with Crippen LogP contribution in [0.2, 0.25) is 0 Å². The van der Waals surface area contributed by atoms with Gasteiger partial charge in [0.25, 0.3) is 0 Å². The number of ether oxygens (including phenoxy) is 2. The molecule has 3 nitrogen and oxygen atoms in total. The molecule has 0 radical (unpaired) electrons. The summed E-state index contributed by atoms with van der Waals surface area (Å²) in [5, 5.41) is 0. The molecular formula is C13H24O3. The van der Waals surface area contributed by atoms with Gasteiger partial charge in [0.05, 0.1) is 13.0 Å². The Balaban J connectivity index is 2.00. The molecule has 0 amide bonds. The third-order valence-corrected chi connectivity index (χ3v) is 2.70. The fourth-order valence-corrected chi connectivity index (χ4v) is 1.98. The van der Waals surface area contributed by atoms with Crippen molar-refractivity contribution in [2.24, 2.45) is 5.92 Å². The minimum atomic E-state index is -0.386. The molecule has 0 aromatic rings. The summed E-state index contributed by atoms with van der Waals surface area (Å²) in [6.07, 6.45) is 5.60. The van der Waals surface area contributed by atoms with Crippen molar-refractivity contribution in [1.29, 1.82) is 0 Å². The molecule has 0 saturated heterocycles. The Morgan fingerprint density at radius 2 is 1.88 bits per heavy atom. The van der Waals surface area contributed by atoms with Crippen LogP contribution in [0.1, 0.15) is 52.9 Å². The minimum absolute atomic E-state index is 0.168. The fourth-order valence-electron chi connectivity index (χ4n) is 1.98. The van der Waals surface area contributed by atoms with Gasteiger partial charge in [0, 0.05) is 6.61 Å². The SMILES string of the molecule is CC(C)(C)OC(=O)CCOCC1CCCC1. The van der Waals surface area contributed by atoms with Crippen LogP contribution in [-0.4, -0.2) is 24.8 Å². The van der Waals surface area contributed by atoms with Crippen LogP contribution in [0.5, 0.6) is 0 Å². The van der Waals surface area contributed by atoms with E-state index in [1.807, 2.05) is 20.8 Å². The van der Waals surface area contributed by atoms with Gasteiger partial charge in [-0.1, -0.05) is 12.8 Å². The van der Waals surface area contributed by atoms with Gasteiger partial charge in [-0.25, -0.2) is 0 Å². The van der Waals surface area contributed by atoms with Crippen LogP contribution in [0, 0.1) is 5.92 Å². The maximum Gasteiger partial charge on any atom is 0.308 e. The third kappa shape index (κ3) is 6.11. The monoisotopic (exact) mass is 228 g/mol. The van der Waals surface area contributed by atoms with E-state index in [9.17, 15) is 4.79 Å². The summed E-state index contributed by atoms with van der Waals surface area (Å²) in [5.74, 6) is 0.553. The van der Waals surface area contributed by atoms with E-state index in [4.69, 9.17) is 9.47 Å². The molecule has 1 aliphatic rings. The first-order chi connectivity index (χ1) is 7.47. The quantitative estimate of drug-likeness (QED) is 0.536. The lowest BCUT2D eigenvalue weighted by Gasteiger charge is -2.19. The summed E-state index contributed by atoms with van der Waals surface area (Å²) in [6, 6.07) is 0. The maximum absolute atomic E-state index is 11.4. The Hall–Kier alpha value is -0.570. The van der Waals surface area contributed by atoms with Gasteiger partial charge in [0.15, 0.2) is 0 Å². The van der Waals surface area contributed by atoms with E-state index in [1.54, 1.807) is 0 Å². The molecule has 16 heavy (non-hydrogen) atoms. The Bertz CT molecular complexity index is 212. The predicted octanol–water partition coefficient (Wildman–Crippen LogP) is 2.93. The second kappa shape index (κ2) is 6.24. The molecule has 0 heterocycles. The van der Waals surface area contributed by atoms with Crippen LogP contribution in [0.3, 0.4) is 0 Å². The number of rotatable bonds is 5. The van der Waals surface area contributed by atoms with Gasteiger partial charge < -0.3 is 9.47 Å². The van der Waals surface area contributed by atoms with Crippen molar-refractivity contribution >= 4 is 5.97 Å². The van der Waals surface area contributed by atoms with Crippen LogP contribution in [0.4, 0.5) is 0 Å². The van der Waals surface area contributed by atoms with Crippen molar-refractivity contribution in [3.63, 3.8) is 0 Å². The molecule has 94 valence electrons. The van der Waals surface area contributed by atoms with Gasteiger partial charge in [-0.2, -0.15) is 0 Å². The molecule has 0 aliphatic heterocycles. The van der Waals surface area contributed by atoms with Crippen LogP contribution in [0.25, 0.3) is 0 Å². The van der Waals surface area contributed by atoms with Gasteiger partial charge in [-0.15, -0.1) is 0 Å². The predicted molar refractivity (Wildman–Crippen MR) is 63.2 cm³/mol. The zero-order valence-corrected chi connectivity index (χ0v) is 10.8. The van der Waals surface area contributed by atoms with Crippen LogP contribution in [-0.2, 0) is 14.3 Å². The van der Waals surface area contributed by atoms with Crippen LogP contribution >= 0.6 is 0 Å². The molecule has 0 spiro atoms. The second-order valence-corrected chi connectivity index (χ2v) is 5.56. The average molecular weight is 228 g/mol. The smallest absolute Gasteiger partial charge is 0.308 e. The molecule has 0 aromatic carbocycles. The lowest BCUT2D eigenvalue weighted by molar-refractivity contribution is -0.156. The number of carbonyl (C=O) groups is 1. The van der Waals surface area contributed by atoms with Crippen molar-refractivity contribution in [3.05, 3.63) is 0 Å². The standard InChI is InChI=1S/C13H24O3/c1-13(2,3)16-12(14)8-9-15-10-11-6-4-5-7-11/h11H,4-10H2,1-3H3. The molecule has 3 heteroatoms. The highest BCUT2D eigenvalue weighted by Gasteiger charge is 2.17. The molecule has 0 aromatic heterocycles. The molecule has 0 unspecified atom stereocenters. The zero-order valence-electron chi connectivity index (χ0n) is 10.8. The number of carbonyl (C=O) groups excluding carboxylic acids is 1. The highest BCUT2D eigenvalue weighted by molar-refractivity contribution is 5.69. The summed E-state index contributed by atoms with van der Waals surface area (Å²) in [5.41, 5.74) is -0.386. The number of esters is 1. The first-order valence-corrected chi connectivity index (χ1v) is 6.27. The van der Waals surface area contributed by atoms with Crippen molar-refractivity contribution in [2.45, 2.75) is 58.5 Å². The van der Waals surface area contributed by atoms with Crippen molar-refractivity contribution < 1.29 is 14.3 Å². The molecule has 1 saturated carbocycles. The lowest BCUT2D eigenvalue weighted by Crippen LogP contribution is -2.24. The van der Waals surface area contributed by atoms with E-state index in [0.717, 1.165) is 12.5 Å². The molecule has 0 atom stereocenters. The van der Waals surface area contributed by atoms with Crippen LogP contribution in [0.15, 0.2) is 0 Å². The normalized spacial score (nSPS) is 17.7. The topological polar surface area (TPSA) is 35.5 Å². The molecule has 1 rings (SSSR count). The molecule has 0 N–H and O–H groups in total. The summed E-state index contributed by atoms with van der Waals surface area (Å²) in [7, 11) is 0. The fraction of sp³-hybridized carbons (Fsp3) is 0.923. The zero-order chi connectivity index (χ0) is 12.0. The molecule has 1 fully saturated rings. The lowest BCUT2D eigenvalue weighted by atomic mass is 10.1. The number of hydrogen-bond donors (Lipinski definition) is 0. The Morgan fingerprint density at radius 3 is 2.44 bits per heavy atom. The van der Waals surface area contributed by atoms with Gasteiger partial charge in [-0.05, 0) is 39.5 Å². The van der Waals surface area contributed by atoms with E-state index in [2.05, 4.69) is 0 Å². The first kappa shape index (κ1) is 13.5. The summed E-state index contributed by atoms with van der Waals surface area (Å²) in [4.78, 5) is 11.4. The Kier molecular flexibility index (Phi) is 5.26. The minimum Gasteiger partial charge on any atom is -0.460 e. The van der Waals surface area contributed by atoms with Crippen LogP contribution < -0.4 is 0 Å². The van der Waals surface area contributed by atoms with E-state index in [0.29, 0.717) is 13.0 Å². The van der Waals surface area contributed by atoms with E-state index < -0.39 is 0 Å². The van der Waals surface area contributed by atoms with E-state index >= 15 is 0 Å². The second-order valence-electron chi connectivity index (χ2n) is 5.56. The summed E-state index contributed by atoms with van der Waals surface area (Å²) < 4.78 is 10.7. The average Bonchev–Trinajstić information content (AvgIpc) is 2.62. The van der Waals surface area contributed by atoms with Crippen molar-refractivity contribution in [3.8, 4) is 0 Å². The van der Waals surface area contributed by atoms with Gasteiger partial charge in [0.2, 0.25) is 0 Å². The van der Waals surface area contributed by atoms with Crippen molar-refractivity contribution in [1.82, 2.24) is 0 Å². The van der Waals surface area contributed by atoms with Gasteiger partial charge >= 0.3 is 5.97 Å². The molecule has 1 aliphatic carbocycles. The highest BCUT2D eigenvalue weighted by Crippen LogP contribution is 2.24. The van der Waals surface area contributed by atoms with Gasteiger partial charge in [-0.3, -0.25) is 4.79 Å². The third-order valence-electron chi connectivity index (χ3n) is 2.70.